The zero-order chi connectivity index (χ0) is 20.8. The number of hydrogen-bond acceptors (Lipinski definition) is 2. The molecule has 1 unspecified atom stereocenters. The molecule has 2 heterocycles. The van der Waals surface area contributed by atoms with Crippen LogP contribution in [0.4, 0.5) is 5.69 Å². The summed E-state index contributed by atoms with van der Waals surface area (Å²) in [6.07, 6.45) is 0. The molecule has 0 saturated heterocycles. The monoisotopic (exact) mass is 433 g/mol. The Morgan fingerprint density at radius 1 is 0.867 bits per heavy atom. The molecule has 1 atom stereocenters. The number of rotatable bonds is 3. The van der Waals surface area contributed by atoms with Crippen molar-refractivity contribution < 1.29 is 4.79 Å². The molecular formula is C24H17Cl2N3O. The smallest absolute Gasteiger partial charge is 0.277 e. The fourth-order valence-electron chi connectivity index (χ4n) is 3.91. The summed E-state index contributed by atoms with van der Waals surface area (Å²) in [7, 11) is 0. The first-order valence-corrected chi connectivity index (χ1v) is 10.3. The van der Waals surface area contributed by atoms with Crippen LogP contribution in [0.2, 0.25) is 10.0 Å². The largest absolute Gasteiger partial charge is 0.295 e. The summed E-state index contributed by atoms with van der Waals surface area (Å²) in [4.78, 5) is 15.2. The van der Waals surface area contributed by atoms with Crippen molar-refractivity contribution in [1.29, 1.82) is 0 Å². The fraction of sp³-hybridized carbons (Fsp3) is 0.0833. The van der Waals surface area contributed by atoms with Gasteiger partial charge in [-0.1, -0.05) is 65.2 Å². The lowest BCUT2D eigenvalue weighted by Gasteiger charge is -2.26. The number of aromatic nitrogens is 2. The molecule has 0 radical (unpaired) electrons. The molecule has 30 heavy (non-hydrogen) atoms. The maximum Gasteiger partial charge on any atom is 0.277 e. The van der Waals surface area contributed by atoms with E-state index in [2.05, 4.69) is 10.2 Å². The number of hydrogen-bond donors (Lipinski definition) is 1. The second-order valence-corrected chi connectivity index (χ2v) is 8.21. The van der Waals surface area contributed by atoms with Crippen LogP contribution in [0.3, 0.4) is 0 Å². The van der Waals surface area contributed by atoms with E-state index < -0.39 is 0 Å². The third-order valence-corrected chi connectivity index (χ3v) is 5.89. The van der Waals surface area contributed by atoms with Crippen molar-refractivity contribution in [2.45, 2.75) is 13.0 Å². The highest BCUT2D eigenvalue weighted by molar-refractivity contribution is 6.30. The topological polar surface area (TPSA) is 49.0 Å². The van der Waals surface area contributed by atoms with Gasteiger partial charge >= 0.3 is 0 Å². The summed E-state index contributed by atoms with van der Waals surface area (Å²) in [5.74, 6) is -0.110. The van der Waals surface area contributed by atoms with Crippen LogP contribution in [0.1, 0.15) is 33.2 Å². The Morgan fingerprint density at radius 2 is 1.47 bits per heavy atom. The summed E-state index contributed by atoms with van der Waals surface area (Å²) < 4.78 is 0. The Morgan fingerprint density at radius 3 is 2.10 bits per heavy atom. The lowest BCUT2D eigenvalue weighted by molar-refractivity contribution is 0.0989. The minimum absolute atomic E-state index is 0.110. The van der Waals surface area contributed by atoms with Gasteiger partial charge in [-0.2, -0.15) is 5.10 Å². The SMILES string of the molecule is Cc1ccc(N2C(=O)c3[nH]nc(-c4ccc(Cl)cc4)c3C2c2ccc(Cl)cc2)cc1. The summed E-state index contributed by atoms with van der Waals surface area (Å²) in [5, 5.41) is 8.75. The van der Waals surface area contributed by atoms with Gasteiger partial charge in [0.2, 0.25) is 0 Å². The highest BCUT2D eigenvalue weighted by atomic mass is 35.5. The summed E-state index contributed by atoms with van der Waals surface area (Å²) in [5.41, 5.74) is 5.92. The first-order chi connectivity index (χ1) is 14.5. The quantitative estimate of drug-likeness (QED) is 0.403. The first kappa shape index (κ1) is 18.9. The number of H-pyrrole nitrogens is 1. The predicted octanol–water partition coefficient (Wildman–Crippen LogP) is 6.44. The lowest BCUT2D eigenvalue weighted by Crippen LogP contribution is -2.29. The number of aryl methyl sites for hydroxylation is 1. The number of benzene rings is 3. The second kappa shape index (κ2) is 7.31. The van der Waals surface area contributed by atoms with Crippen LogP contribution in [0.5, 0.6) is 0 Å². The molecule has 1 aliphatic rings. The van der Waals surface area contributed by atoms with Gasteiger partial charge in [-0.3, -0.25) is 14.8 Å². The molecule has 3 aromatic carbocycles. The van der Waals surface area contributed by atoms with Crippen LogP contribution < -0.4 is 4.90 Å². The molecule has 1 aliphatic heterocycles. The van der Waals surface area contributed by atoms with E-state index in [9.17, 15) is 4.79 Å². The van der Waals surface area contributed by atoms with E-state index in [1.54, 1.807) is 0 Å². The van der Waals surface area contributed by atoms with Crippen molar-refractivity contribution >= 4 is 34.8 Å². The van der Waals surface area contributed by atoms with Crippen molar-refractivity contribution in [2.75, 3.05) is 4.90 Å². The molecule has 0 fully saturated rings. The normalized spacial score (nSPS) is 15.5. The van der Waals surface area contributed by atoms with Crippen molar-refractivity contribution in [1.82, 2.24) is 10.2 Å². The standard InChI is InChI=1S/C24H17Cl2N3O/c1-14-2-12-19(13-3-14)29-23(16-6-10-18(26)11-7-16)20-21(27-28-22(20)24(29)30)15-4-8-17(25)9-5-15/h2-13,23H,1H3,(H,27,28). The molecule has 1 aromatic heterocycles. The summed E-state index contributed by atoms with van der Waals surface area (Å²) in [6, 6.07) is 22.7. The molecule has 0 aliphatic carbocycles. The van der Waals surface area contributed by atoms with E-state index in [1.165, 1.54) is 0 Å². The number of carbonyl (C=O) groups is 1. The number of carbonyl (C=O) groups excluding carboxylic acids is 1. The number of nitrogens with one attached hydrogen (secondary N) is 1. The highest BCUT2D eigenvalue weighted by Crippen LogP contribution is 2.45. The minimum atomic E-state index is -0.322. The molecule has 0 saturated carbocycles. The summed E-state index contributed by atoms with van der Waals surface area (Å²) >= 11 is 12.2. The molecule has 1 N–H and O–H groups in total. The third-order valence-electron chi connectivity index (χ3n) is 5.38. The molecule has 148 valence electrons. The van der Waals surface area contributed by atoms with E-state index in [0.29, 0.717) is 15.7 Å². The molecule has 0 spiro atoms. The van der Waals surface area contributed by atoms with Crippen LogP contribution in [0, 0.1) is 6.92 Å². The average Bonchev–Trinajstić information content (AvgIpc) is 3.29. The lowest BCUT2D eigenvalue weighted by atomic mass is 9.96. The molecule has 6 heteroatoms. The van der Waals surface area contributed by atoms with Gasteiger partial charge in [-0.25, -0.2) is 0 Å². The number of halogens is 2. The van der Waals surface area contributed by atoms with Crippen LogP contribution in [0.15, 0.2) is 72.8 Å². The average molecular weight is 434 g/mol. The van der Waals surface area contributed by atoms with Crippen LogP contribution in [-0.4, -0.2) is 16.1 Å². The molecule has 0 bridgehead atoms. The Bertz CT molecular complexity index is 1230. The van der Waals surface area contributed by atoms with Gasteiger partial charge in [0.15, 0.2) is 0 Å². The van der Waals surface area contributed by atoms with E-state index in [0.717, 1.165) is 33.6 Å². The summed E-state index contributed by atoms with van der Waals surface area (Å²) in [6.45, 7) is 2.03. The van der Waals surface area contributed by atoms with E-state index in [-0.39, 0.29) is 11.9 Å². The van der Waals surface area contributed by atoms with E-state index >= 15 is 0 Å². The molecule has 5 rings (SSSR count). The van der Waals surface area contributed by atoms with Crippen molar-refractivity contribution in [3.05, 3.63) is 105 Å². The van der Waals surface area contributed by atoms with Crippen molar-refractivity contribution in [2.24, 2.45) is 0 Å². The number of fused-ring (bicyclic) bond motifs is 1. The molecule has 4 aromatic rings. The Kier molecular flexibility index (Phi) is 4.61. The van der Waals surface area contributed by atoms with Gasteiger partial charge in [0.05, 0.1) is 11.7 Å². The van der Waals surface area contributed by atoms with Gasteiger partial charge in [0, 0.05) is 26.9 Å². The predicted molar refractivity (Wildman–Crippen MR) is 120 cm³/mol. The fourth-order valence-corrected chi connectivity index (χ4v) is 4.16. The highest BCUT2D eigenvalue weighted by Gasteiger charge is 2.43. The third kappa shape index (κ3) is 3.09. The Balaban J connectivity index is 1.71. The zero-order valence-electron chi connectivity index (χ0n) is 16.1. The number of nitrogens with zero attached hydrogens (tertiary/aromatic N) is 2. The van der Waals surface area contributed by atoms with Crippen LogP contribution >= 0.6 is 23.2 Å². The van der Waals surface area contributed by atoms with Gasteiger partial charge in [0.25, 0.3) is 5.91 Å². The van der Waals surface area contributed by atoms with Gasteiger partial charge < -0.3 is 0 Å². The zero-order valence-corrected chi connectivity index (χ0v) is 17.6. The molecule has 1 amide bonds. The van der Waals surface area contributed by atoms with Gasteiger partial charge in [-0.05, 0) is 48.9 Å². The van der Waals surface area contributed by atoms with E-state index in [1.807, 2.05) is 84.6 Å². The Hall–Kier alpha value is -3.08. The van der Waals surface area contributed by atoms with Crippen molar-refractivity contribution in [3.63, 3.8) is 0 Å². The van der Waals surface area contributed by atoms with Crippen LogP contribution in [-0.2, 0) is 0 Å². The van der Waals surface area contributed by atoms with Crippen LogP contribution in [0.25, 0.3) is 11.3 Å². The van der Waals surface area contributed by atoms with E-state index in [4.69, 9.17) is 23.2 Å². The van der Waals surface area contributed by atoms with Crippen molar-refractivity contribution in [3.8, 4) is 11.3 Å². The molecule has 4 nitrogen and oxygen atoms in total. The van der Waals surface area contributed by atoms with Gasteiger partial charge in [-0.15, -0.1) is 0 Å². The molecular weight excluding hydrogens is 417 g/mol. The number of aromatic amines is 1. The number of anilines is 1. The number of amides is 1. The maximum atomic E-state index is 13.4. The maximum absolute atomic E-state index is 13.4. The first-order valence-electron chi connectivity index (χ1n) is 9.53. The minimum Gasteiger partial charge on any atom is -0.295 e. The van der Waals surface area contributed by atoms with Gasteiger partial charge in [0.1, 0.15) is 5.69 Å². The second-order valence-electron chi connectivity index (χ2n) is 7.33. The Labute approximate surface area is 184 Å².